The molecule has 2 aromatic rings. The minimum absolute atomic E-state index is 0.130. The van der Waals surface area contributed by atoms with Gasteiger partial charge in [-0.15, -0.1) is 0 Å². The molecule has 252 valence electrons. The highest BCUT2D eigenvalue weighted by Gasteiger charge is 2.56. The van der Waals surface area contributed by atoms with Crippen LogP contribution in [0, 0.1) is 5.41 Å². The molecule has 1 aliphatic rings. The summed E-state index contributed by atoms with van der Waals surface area (Å²) in [5.41, 5.74) is 0.826. The fourth-order valence-electron chi connectivity index (χ4n) is 6.48. The number of alkyl halides is 5. The van der Waals surface area contributed by atoms with Gasteiger partial charge in [0, 0.05) is 23.8 Å². The van der Waals surface area contributed by atoms with E-state index in [4.69, 9.17) is 4.74 Å². The molecule has 0 radical (unpaired) electrons. The van der Waals surface area contributed by atoms with Crippen molar-refractivity contribution in [1.82, 2.24) is 0 Å². The molecule has 5 nitrogen and oxygen atoms in total. The lowest BCUT2D eigenvalue weighted by Crippen LogP contribution is -2.40. The van der Waals surface area contributed by atoms with Gasteiger partial charge >= 0.3 is 18.1 Å². The number of carboxylic acid groups (broad SMARTS) is 1. The average molecular weight is 643 g/mol. The second-order valence-electron chi connectivity index (χ2n) is 13.2. The normalized spacial score (nSPS) is 19.8. The summed E-state index contributed by atoms with van der Waals surface area (Å²) >= 11 is 0. The molecule has 1 aliphatic heterocycles. The van der Waals surface area contributed by atoms with Gasteiger partial charge in [0.1, 0.15) is 17.2 Å². The second-order valence-corrected chi connectivity index (χ2v) is 13.2. The summed E-state index contributed by atoms with van der Waals surface area (Å²) in [6.45, 7) is 4.26. The molecule has 1 heterocycles. The lowest BCUT2D eigenvalue weighted by Gasteiger charge is -2.43. The number of unbranched alkanes of at least 4 members (excludes halogenated alkanes) is 8. The van der Waals surface area contributed by atoms with Crippen LogP contribution >= 0.6 is 0 Å². The predicted octanol–water partition coefficient (Wildman–Crippen LogP) is 10.3. The number of fused-ring (bicyclic) bond motifs is 1. The molecule has 3 N–H and O–H groups in total. The third kappa shape index (κ3) is 9.72. The van der Waals surface area contributed by atoms with Gasteiger partial charge in [0.15, 0.2) is 0 Å². The molecule has 0 bridgehead atoms. The molecule has 1 unspecified atom stereocenters. The Morgan fingerprint density at radius 2 is 1.31 bits per heavy atom. The summed E-state index contributed by atoms with van der Waals surface area (Å²) in [6, 6.07) is 12.5. The van der Waals surface area contributed by atoms with Gasteiger partial charge in [-0.3, -0.25) is 4.79 Å². The summed E-state index contributed by atoms with van der Waals surface area (Å²) in [6.07, 6.45) is 1.57. The van der Waals surface area contributed by atoms with E-state index in [9.17, 15) is 42.1 Å². The summed E-state index contributed by atoms with van der Waals surface area (Å²) in [5.74, 6) is -4.43. The van der Waals surface area contributed by atoms with Crippen molar-refractivity contribution in [3.63, 3.8) is 0 Å². The molecule has 3 atom stereocenters. The topological polar surface area (TPSA) is 87.0 Å². The number of carbonyl (C=O) groups is 1. The molecule has 0 fully saturated rings. The highest BCUT2D eigenvalue weighted by Crippen LogP contribution is 2.50. The van der Waals surface area contributed by atoms with Crippen LogP contribution in [0.5, 0.6) is 17.2 Å². The Bertz CT molecular complexity index is 1230. The number of hydrogen-bond donors (Lipinski definition) is 3. The maximum atomic E-state index is 13.1. The van der Waals surface area contributed by atoms with Crippen molar-refractivity contribution in [3.8, 4) is 17.2 Å². The lowest BCUT2D eigenvalue weighted by molar-refractivity contribution is -0.284. The molecule has 0 spiro atoms. The molecule has 0 amide bonds. The monoisotopic (exact) mass is 642 g/mol. The zero-order valence-corrected chi connectivity index (χ0v) is 26.3. The number of phenols is 2. The van der Waals surface area contributed by atoms with Crippen LogP contribution < -0.4 is 4.74 Å². The van der Waals surface area contributed by atoms with Crippen molar-refractivity contribution in [3.05, 3.63) is 53.6 Å². The van der Waals surface area contributed by atoms with Crippen molar-refractivity contribution >= 4 is 5.97 Å². The van der Waals surface area contributed by atoms with Crippen LogP contribution in [0.4, 0.5) is 22.0 Å². The first-order chi connectivity index (χ1) is 21.1. The Morgan fingerprint density at radius 1 is 0.800 bits per heavy atom. The van der Waals surface area contributed by atoms with E-state index in [0.717, 1.165) is 56.1 Å². The number of rotatable bonds is 18. The van der Waals surface area contributed by atoms with E-state index in [2.05, 4.69) is 6.92 Å². The van der Waals surface area contributed by atoms with E-state index in [-0.39, 0.29) is 42.1 Å². The molecule has 0 saturated heterocycles. The Kier molecular flexibility index (Phi) is 12.5. The molecule has 0 aliphatic carbocycles. The molecule has 2 aromatic carbocycles. The number of hydrogen-bond acceptors (Lipinski definition) is 4. The number of phenolic OH excluding ortho intramolecular Hbond substituents is 2. The van der Waals surface area contributed by atoms with Crippen molar-refractivity contribution in [2.75, 3.05) is 6.61 Å². The predicted molar refractivity (Wildman–Crippen MR) is 163 cm³/mol. The van der Waals surface area contributed by atoms with Gasteiger partial charge in [-0.05, 0) is 61.9 Å². The van der Waals surface area contributed by atoms with E-state index in [1.165, 1.54) is 0 Å². The minimum Gasteiger partial charge on any atom is -0.508 e. The van der Waals surface area contributed by atoms with E-state index in [1.54, 1.807) is 31.2 Å². The third-order valence-corrected chi connectivity index (χ3v) is 9.57. The van der Waals surface area contributed by atoms with Crippen LogP contribution in [0.15, 0.2) is 42.5 Å². The van der Waals surface area contributed by atoms with Gasteiger partial charge in [0.25, 0.3) is 0 Å². The fourth-order valence-corrected chi connectivity index (χ4v) is 6.48. The van der Waals surface area contributed by atoms with Gasteiger partial charge in [0.05, 0.1) is 12.0 Å². The molecule has 10 heteroatoms. The fraction of sp³-hybridized carbons (Fsp3) is 0.629. The molecule has 0 saturated carbocycles. The Morgan fingerprint density at radius 3 is 1.89 bits per heavy atom. The summed E-state index contributed by atoms with van der Waals surface area (Å²) in [7, 11) is 0. The van der Waals surface area contributed by atoms with Crippen molar-refractivity contribution in [2.45, 2.75) is 127 Å². The van der Waals surface area contributed by atoms with Crippen LogP contribution in [0.2, 0.25) is 0 Å². The highest BCUT2D eigenvalue weighted by atomic mass is 19.4. The SMILES string of the molecule is CC(CCCCCCCCC[C@@H]1c2ccc(O)cc2OC[C@]1(C)c1ccc(O)cc1)(CCCCCC(F)(F)C(F)(F)F)C(=O)O. The quantitative estimate of drug-likeness (QED) is 0.111. The maximum absolute atomic E-state index is 13.1. The molecular weight excluding hydrogens is 595 g/mol. The van der Waals surface area contributed by atoms with Gasteiger partial charge < -0.3 is 20.1 Å². The number of carboxylic acids is 1. The van der Waals surface area contributed by atoms with Crippen molar-refractivity contribution in [2.24, 2.45) is 5.41 Å². The summed E-state index contributed by atoms with van der Waals surface area (Å²) in [4.78, 5) is 11.9. The van der Waals surface area contributed by atoms with Crippen LogP contribution in [-0.4, -0.2) is 40.0 Å². The van der Waals surface area contributed by atoms with E-state index in [0.29, 0.717) is 31.6 Å². The number of halogens is 5. The van der Waals surface area contributed by atoms with E-state index < -0.39 is 29.9 Å². The summed E-state index contributed by atoms with van der Waals surface area (Å²) in [5, 5.41) is 29.5. The van der Waals surface area contributed by atoms with E-state index in [1.807, 2.05) is 18.2 Å². The average Bonchev–Trinajstić information content (AvgIpc) is 2.96. The van der Waals surface area contributed by atoms with Crippen molar-refractivity contribution in [1.29, 1.82) is 0 Å². The van der Waals surface area contributed by atoms with Gasteiger partial charge in [-0.25, -0.2) is 0 Å². The second kappa shape index (κ2) is 15.5. The van der Waals surface area contributed by atoms with Crippen LogP contribution in [0.1, 0.15) is 121 Å². The molecular formula is C35H47F5O5. The number of aliphatic carboxylic acids is 1. The van der Waals surface area contributed by atoms with Crippen LogP contribution in [0.3, 0.4) is 0 Å². The Labute approximate surface area is 262 Å². The van der Waals surface area contributed by atoms with Gasteiger partial charge in [-0.2, -0.15) is 22.0 Å². The maximum Gasteiger partial charge on any atom is 0.453 e. The first-order valence-corrected chi connectivity index (χ1v) is 16.0. The minimum atomic E-state index is -5.55. The smallest absolute Gasteiger partial charge is 0.453 e. The van der Waals surface area contributed by atoms with Crippen LogP contribution in [-0.2, 0) is 10.2 Å². The largest absolute Gasteiger partial charge is 0.508 e. The zero-order chi connectivity index (χ0) is 33.3. The molecule has 45 heavy (non-hydrogen) atoms. The highest BCUT2D eigenvalue weighted by molar-refractivity contribution is 5.74. The molecule has 0 aromatic heterocycles. The van der Waals surface area contributed by atoms with Gasteiger partial charge in [-0.1, -0.05) is 82.9 Å². The zero-order valence-electron chi connectivity index (χ0n) is 26.3. The first-order valence-electron chi connectivity index (χ1n) is 16.0. The van der Waals surface area contributed by atoms with Crippen molar-refractivity contribution < 1.29 is 46.8 Å². The lowest BCUT2D eigenvalue weighted by atomic mass is 9.66. The summed E-state index contributed by atoms with van der Waals surface area (Å²) < 4.78 is 69.2. The first kappa shape index (κ1) is 36.4. The standard InChI is InChI=1S/C35H47F5O5/c1-32(31(43)44,21-11-8-12-22-34(36,37)35(38,39)40)20-10-7-5-3-4-6-9-13-29-28-19-18-27(42)23-30(28)45-24-33(29,2)25-14-16-26(41)17-15-25/h14-19,23,29,41-42H,3-13,20-22,24H2,1-2H3,(H,43,44)/t29-,32?,33-/m1/s1. The Hall–Kier alpha value is -3.04. The Balaban J connectivity index is 1.39. The number of aromatic hydroxyl groups is 2. The van der Waals surface area contributed by atoms with E-state index >= 15 is 0 Å². The van der Waals surface area contributed by atoms with Gasteiger partial charge in [0.2, 0.25) is 0 Å². The van der Waals surface area contributed by atoms with Crippen LogP contribution in [0.25, 0.3) is 0 Å². The third-order valence-electron chi connectivity index (χ3n) is 9.57. The number of benzene rings is 2. The molecule has 3 rings (SSSR count). The number of ether oxygens (including phenoxy) is 1.